The van der Waals surface area contributed by atoms with E-state index in [4.69, 9.17) is 4.42 Å². The van der Waals surface area contributed by atoms with Crippen molar-refractivity contribution in [3.05, 3.63) is 54.0 Å². The van der Waals surface area contributed by atoms with Crippen molar-refractivity contribution in [1.82, 2.24) is 14.8 Å². The molecule has 0 radical (unpaired) electrons. The molecule has 0 spiro atoms. The van der Waals surface area contributed by atoms with Crippen LogP contribution in [-0.2, 0) is 5.75 Å². The zero-order valence-electron chi connectivity index (χ0n) is 12.4. The van der Waals surface area contributed by atoms with Gasteiger partial charge >= 0.3 is 0 Å². The van der Waals surface area contributed by atoms with Crippen molar-refractivity contribution in [2.75, 3.05) is 0 Å². The molecule has 114 valence electrons. The summed E-state index contributed by atoms with van der Waals surface area (Å²) in [6.45, 7) is 4.16. The van der Waals surface area contributed by atoms with E-state index in [1.807, 2.05) is 16.7 Å². The Morgan fingerprint density at radius 1 is 1.18 bits per heavy atom. The zero-order valence-corrected chi connectivity index (χ0v) is 13.2. The Labute approximate surface area is 132 Å². The lowest BCUT2D eigenvalue weighted by Gasteiger charge is -2.12. The number of hydrogen-bond donors (Lipinski definition) is 0. The lowest BCUT2D eigenvalue weighted by molar-refractivity contribution is 0.529. The lowest BCUT2D eigenvalue weighted by Crippen LogP contribution is -2.04. The molecule has 2 heterocycles. The summed E-state index contributed by atoms with van der Waals surface area (Å²) in [5.41, 5.74) is 1.05. The first-order valence-electron chi connectivity index (χ1n) is 7.01. The summed E-state index contributed by atoms with van der Waals surface area (Å²) in [7, 11) is 0. The molecule has 0 saturated carbocycles. The Hall–Kier alpha value is -2.08. The number of hydrogen-bond acceptors (Lipinski definition) is 4. The number of halogens is 1. The van der Waals surface area contributed by atoms with E-state index in [0.29, 0.717) is 11.5 Å². The number of thioether (sulfide) groups is 1. The van der Waals surface area contributed by atoms with Gasteiger partial charge in [-0.2, -0.15) is 0 Å². The highest BCUT2D eigenvalue weighted by Gasteiger charge is 2.18. The second-order valence-corrected chi connectivity index (χ2v) is 6.10. The van der Waals surface area contributed by atoms with Gasteiger partial charge in [0.2, 0.25) is 5.82 Å². The summed E-state index contributed by atoms with van der Waals surface area (Å²) in [5, 5.41) is 9.34. The Morgan fingerprint density at radius 2 is 1.95 bits per heavy atom. The van der Waals surface area contributed by atoms with Crippen LogP contribution in [0.2, 0.25) is 0 Å². The maximum atomic E-state index is 12.9. The van der Waals surface area contributed by atoms with Gasteiger partial charge in [0.1, 0.15) is 5.82 Å². The summed E-state index contributed by atoms with van der Waals surface area (Å²) >= 11 is 1.58. The molecular weight excluding hydrogens is 301 g/mol. The van der Waals surface area contributed by atoms with Crippen LogP contribution in [0.5, 0.6) is 0 Å². The first-order chi connectivity index (χ1) is 10.6. The molecule has 0 amide bonds. The molecule has 22 heavy (non-hydrogen) atoms. The standard InChI is InChI=1S/C16H16FN3OS/c1-11(2)20-15(14-4-3-9-21-14)18-19-16(20)22-10-12-5-7-13(17)8-6-12/h3-9,11H,10H2,1-2H3. The summed E-state index contributed by atoms with van der Waals surface area (Å²) in [6, 6.07) is 10.4. The molecule has 3 rings (SSSR count). The quantitative estimate of drug-likeness (QED) is 0.648. The van der Waals surface area contributed by atoms with Crippen LogP contribution in [0.1, 0.15) is 25.5 Å². The molecule has 2 aromatic heterocycles. The maximum Gasteiger partial charge on any atom is 0.200 e. The molecule has 4 nitrogen and oxygen atoms in total. The maximum absolute atomic E-state index is 12.9. The highest BCUT2D eigenvalue weighted by atomic mass is 32.2. The lowest BCUT2D eigenvalue weighted by atomic mass is 10.2. The van der Waals surface area contributed by atoms with E-state index in [1.54, 1.807) is 30.2 Å². The predicted molar refractivity (Wildman–Crippen MR) is 84.1 cm³/mol. The van der Waals surface area contributed by atoms with Crippen molar-refractivity contribution < 1.29 is 8.81 Å². The molecule has 0 unspecified atom stereocenters. The smallest absolute Gasteiger partial charge is 0.200 e. The first-order valence-corrected chi connectivity index (χ1v) is 7.99. The van der Waals surface area contributed by atoms with Crippen molar-refractivity contribution in [2.24, 2.45) is 0 Å². The largest absolute Gasteiger partial charge is 0.461 e. The van der Waals surface area contributed by atoms with Crippen LogP contribution in [0.4, 0.5) is 4.39 Å². The third kappa shape index (κ3) is 3.06. The van der Waals surface area contributed by atoms with Gasteiger partial charge in [0.05, 0.1) is 6.26 Å². The summed E-state index contributed by atoms with van der Waals surface area (Å²) < 4.78 is 20.4. The monoisotopic (exact) mass is 317 g/mol. The van der Waals surface area contributed by atoms with Crippen molar-refractivity contribution in [3.8, 4) is 11.6 Å². The summed E-state index contributed by atoms with van der Waals surface area (Å²) in [4.78, 5) is 0. The highest BCUT2D eigenvalue weighted by Crippen LogP contribution is 2.29. The van der Waals surface area contributed by atoms with E-state index >= 15 is 0 Å². The van der Waals surface area contributed by atoms with Crippen LogP contribution in [0, 0.1) is 5.82 Å². The molecule has 1 aromatic carbocycles. The van der Waals surface area contributed by atoms with Crippen molar-refractivity contribution in [3.63, 3.8) is 0 Å². The molecule has 0 saturated heterocycles. The topological polar surface area (TPSA) is 43.9 Å². The average molecular weight is 317 g/mol. The minimum Gasteiger partial charge on any atom is -0.461 e. The molecule has 0 N–H and O–H groups in total. The van der Waals surface area contributed by atoms with Crippen molar-refractivity contribution in [2.45, 2.75) is 30.8 Å². The Kier molecular flexibility index (Phi) is 4.29. The minimum absolute atomic E-state index is 0.214. The highest BCUT2D eigenvalue weighted by molar-refractivity contribution is 7.98. The van der Waals surface area contributed by atoms with E-state index in [2.05, 4.69) is 24.0 Å². The number of nitrogens with zero attached hydrogens (tertiary/aromatic N) is 3. The molecule has 0 fully saturated rings. The molecule has 0 aliphatic heterocycles. The number of rotatable bonds is 5. The predicted octanol–water partition coefficient (Wildman–Crippen LogP) is 4.55. The second kappa shape index (κ2) is 6.36. The molecule has 6 heteroatoms. The van der Waals surface area contributed by atoms with Crippen molar-refractivity contribution in [1.29, 1.82) is 0 Å². The van der Waals surface area contributed by atoms with E-state index < -0.39 is 0 Å². The molecule has 0 aliphatic carbocycles. The van der Waals surface area contributed by atoms with Crippen LogP contribution in [0.25, 0.3) is 11.6 Å². The summed E-state index contributed by atoms with van der Waals surface area (Å²) in [6.07, 6.45) is 1.63. The van der Waals surface area contributed by atoms with E-state index in [1.165, 1.54) is 12.1 Å². The van der Waals surface area contributed by atoms with E-state index in [0.717, 1.165) is 16.5 Å². The second-order valence-electron chi connectivity index (χ2n) is 5.16. The van der Waals surface area contributed by atoms with Gasteiger partial charge in [-0.15, -0.1) is 10.2 Å². The number of furan rings is 1. The van der Waals surface area contributed by atoms with Crippen molar-refractivity contribution >= 4 is 11.8 Å². The van der Waals surface area contributed by atoms with Crippen LogP contribution in [0.15, 0.2) is 52.2 Å². The third-order valence-corrected chi connectivity index (χ3v) is 4.22. The normalized spacial score (nSPS) is 11.3. The third-order valence-electron chi connectivity index (χ3n) is 3.20. The molecule has 0 bridgehead atoms. The van der Waals surface area contributed by atoms with E-state index in [-0.39, 0.29) is 11.9 Å². The summed E-state index contributed by atoms with van der Waals surface area (Å²) in [5.74, 6) is 1.92. The Morgan fingerprint density at radius 3 is 2.59 bits per heavy atom. The SMILES string of the molecule is CC(C)n1c(SCc2ccc(F)cc2)nnc1-c1ccco1. The van der Waals surface area contributed by atoms with E-state index in [9.17, 15) is 4.39 Å². The van der Waals surface area contributed by atoms with Gasteiger partial charge in [-0.1, -0.05) is 23.9 Å². The molecule has 3 aromatic rings. The van der Waals surface area contributed by atoms with Crippen LogP contribution in [0.3, 0.4) is 0 Å². The van der Waals surface area contributed by atoms with Gasteiger partial charge < -0.3 is 4.42 Å². The van der Waals surface area contributed by atoms with Gasteiger partial charge in [0.15, 0.2) is 10.9 Å². The fourth-order valence-corrected chi connectivity index (χ4v) is 3.17. The van der Waals surface area contributed by atoms with Gasteiger partial charge in [0.25, 0.3) is 0 Å². The Balaban J connectivity index is 1.83. The molecular formula is C16H16FN3OS. The van der Waals surface area contributed by atoms with Crippen LogP contribution >= 0.6 is 11.8 Å². The average Bonchev–Trinajstić information content (AvgIpc) is 3.15. The van der Waals surface area contributed by atoms with Crippen LogP contribution < -0.4 is 0 Å². The minimum atomic E-state index is -0.223. The molecule has 0 atom stereocenters. The van der Waals surface area contributed by atoms with Crippen LogP contribution in [-0.4, -0.2) is 14.8 Å². The van der Waals surface area contributed by atoms with Gasteiger partial charge in [0, 0.05) is 11.8 Å². The number of benzene rings is 1. The fourth-order valence-electron chi connectivity index (χ4n) is 2.14. The van der Waals surface area contributed by atoms with Gasteiger partial charge in [-0.3, -0.25) is 4.57 Å². The molecule has 0 aliphatic rings. The van der Waals surface area contributed by atoms with Gasteiger partial charge in [-0.25, -0.2) is 4.39 Å². The zero-order chi connectivity index (χ0) is 15.5. The number of aromatic nitrogens is 3. The fraction of sp³-hybridized carbons (Fsp3) is 0.250. The van der Waals surface area contributed by atoms with Gasteiger partial charge in [-0.05, 0) is 43.7 Å². The first kappa shape index (κ1) is 14.8. The Bertz CT molecular complexity index is 735.